The third-order valence-electron chi connectivity index (χ3n) is 4.17. The number of para-hydroxylation sites is 1. The topological polar surface area (TPSA) is 88.3 Å². The molecular formula is C18H16N4O3S. The molecule has 3 heterocycles. The number of rotatable bonds is 5. The number of nitrogens with zero attached hydrogens (tertiary/aromatic N) is 3. The summed E-state index contributed by atoms with van der Waals surface area (Å²) in [5.74, 6) is 0.563. The number of carbonyl (C=O) groups is 2. The van der Waals surface area contributed by atoms with Crippen LogP contribution in [0.4, 0.5) is 5.69 Å². The Hall–Kier alpha value is -3.00. The van der Waals surface area contributed by atoms with Gasteiger partial charge in [-0.3, -0.25) is 14.5 Å². The van der Waals surface area contributed by atoms with Crippen LogP contribution in [-0.4, -0.2) is 28.0 Å². The van der Waals surface area contributed by atoms with E-state index in [0.29, 0.717) is 24.6 Å². The lowest BCUT2D eigenvalue weighted by molar-refractivity contribution is -0.124. The van der Waals surface area contributed by atoms with Crippen LogP contribution in [0.3, 0.4) is 0 Å². The van der Waals surface area contributed by atoms with Crippen molar-refractivity contribution in [3.63, 3.8) is 0 Å². The third-order valence-corrected chi connectivity index (χ3v) is 5.04. The molecule has 2 amide bonds. The van der Waals surface area contributed by atoms with Gasteiger partial charge in [-0.1, -0.05) is 29.4 Å². The van der Waals surface area contributed by atoms with Crippen molar-refractivity contribution in [3.8, 4) is 10.7 Å². The maximum absolute atomic E-state index is 12.6. The number of thiophene rings is 1. The number of nitrogens with one attached hydrogen (secondary N) is 1. The molecule has 7 nitrogen and oxygen atoms in total. The zero-order valence-corrected chi connectivity index (χ0v) is 14.6. The van der Waals surface area contributed by atoms with Crippen LogP contribution in [0.15, 0.2) is 52.4 Å². The van der Waals surface area contributed by atoms with Crippen LogP contribution in [-0.2, 0) is 16.1 Å². The van der Waals surface area contributed by atoms with E-state index < -0.39 is 6.04 Å². The minimum absolute atomic E-state index is 0.0471. The highest BCUT2D eigenvalue weighted by Crippen LogP contribution is 2.26. The maximum Gasteiger partial charge on any atom is 0.246 e. The molecule has 1 fully saturated rings. The molecule has 0 aliphatic carbocycles. The van der Waals surface area contributed by atoms with Crippen molar-refractivity contribution in [1.82, 2.24) is 15.5 Å². The fourth-order valence-corrected chi connectivity index (χ4v) is 3.61. The molecule has 1 unspecified atom stereocenters. The first-order valence-corrected chi connectivity index (χ1v) is 9.11. The predicted molar refractivity (Wildman–Crippen MR) is 96.4 cm³/mol. The Bertz CT molecular complexity index is 908. The van der Waals surface area contributed by atoms with Gasteiger partial charge >= 0.3 is 0 Å². The average Bonchev–Trinajstić information content (AvgIpc) is 3.40. The number of hydrogen-bond acceptors (Lipinski definition) is 6. The highest BCUT2D eigenvalue weighted by Gasteiger charge is 2.37. The molecule has 26 heavy (non-hydrogen) atoms. The minimum Gasteiger partial charge on any atom is -0.345 e. The summed E-state index contributed by atoms with van der Waals surface area (Å²) in [5.41, 5.74) is 0.730. The lowest BCUT2D eigenvalue weighted by Crippen LogP contribution is -2.44. The number of carbonyl (C=O) groups excluding carboxylic acids is 2. The molecule has 8 heteroatoms. The second-order valence-electron chi connectivity index (χ2n) is 5.86. The standard InChI is InChI=1S/C18H16N4O3S/c23-16-9-8-13(22(16)12-5-2-1-3-6-12)18(24)19-11-15-20-17(21-25-15)14-7-4-10-26-14/h1-7,10,13H,8-9,11H2,(H,19,24). The molecule has 1 aliphatic rings. The number of anilines is 1. The Labute approximate surface area is 153 Å². The second-order valence-corrected chi connectivity index (χ2v) is 6.81. The first kappa shape index (κ1) is 16.5. The van der Waals surface area contributed by atoms with E-state index >= 15 is 0 Å². The lowest BCUT2D eigenvalue weighted by atomic mass is 10.2. The van der Waals surface area contributed by atoms with E-state index in [1.165, 1.54) is 11.3 Å². The Morgan fingerprint density at radius 1 is 1.27 bits per heavy atom. The molecule has 0 radical (unpaired) electrons. The van der Waals surface area contributed by atoms with E-state index in [-0.39, 0.29) is 18.4 Å². The predicted octanol–water partition coefficient (Wildman–Crippen LogP) is 2.61. The smallest absolute Gasteiger partial charge is 0.246 e. The van der Waals surface area contributed by atoms with Crippen LogP contribution in [0, 0.1) is 0 Å². The van der Waals surface area contributed by atoms with Crippen molar-refractivity contribution in [2.45, 2.75) is 25.4 Å². The highest BCUT2D eigenvalue weighted by molar-refractivity contribution is 7.13. The molecule has 1 atom stereocenters. The largest absolute Gasteiger partial charge is 0.345 e. The average molecular weight is 368 g/mol. The second kappa shape index (κ2) is 7.09. The summed E-state index contributed by atoms with van der Waals surface area (Å²) in [6.45, 7) is 0.129. The van der Waals surface area contributed by atoms with Gasteiger partial charge in [-0.2, -0.15) is 4.98 Å². The van der Waals surface area contributed by atoms with E-state index in [4.69, 9.17) is 4.52 Å². The van der Waals surface area contributed by atoms with Gasteiger partial charge in [0.05, 0.1) is 11.4 Å². The summed E-state index contributed by atoms with van der Waals surface area (Å²) in [5, 5.41) is 8.64. The van der Waals surface area contributed by atoms with E-state index in [1.807, 2.05) is 47.8 Å². The van der Waals surface area contributed by atoms with E-state index in [9.17, 15) is 9.59 Å². The lowest BCUT2D eigenvalue weighted by Gasteiger charge is -2.23. The monoisotopic (exact) mass is 368 g/mol. The highest BCUT2D eigenvalue weighted by atomic mass is 32.1. The van der Waals surface area contributed by atoms with Crippen LogP contribution in [0.1, 0.15) is 18.7 Å². The molecule has 0 bridgehead atoms. The Morgan fingerprint density at radius 2 is 2.12 bits per heavy atom. The van der Waals surface area contributed by atoms with Gasteiger partial charge < -0.3 is 9.84 Å². The quantitative estimate of drug-likeness (QED) is 0.748. The van der Waals surface area contributed by atoms with E-state index in [2.05, 4.69) is 15.5 Å². The fourth-order valence-electron chi connectivity index (χ4n) is 2.96. The number of hydrogen-bond donors (Lipinski definition) is 1. The molecule has 4 rings (SSSR count). The van der Waals surface area contributed by atoms with Crippen molar-refractivity contribution >= 4 is 28.8 Å². The van der Waals surface area contributed by atoms with Crippen molar-refractivity contribution in [2.75, 3.05) is 4.90 Å². The van der Waals surface area contributed by atoms with E-state index in [0.717, 1.165) is 10.6 Å². The number of aromatic nitrogens is 2. The van der Waals surface area contributed by atoms with Crippen molar-refractivity contribution in [1.29, 1.82) is 0 Å². The SMILES string of the molecule is O=C(NCc1nc(-c2cccs2)no1)C1CCC(=O)N1c1ccccc1. The minimum atomic E-state index is -0.524. The first-order valence-electron chi connectivity index (χ1n) is 8.23. The fraction of sp³-hybridized carbons (Fsp3) is 0.222. The normalized spacial score (nSPS) is 16.8. The van der Waals surface area contributed by atoms with E-state index in [1.54, 1.807) is 4.90 Å². The molecule has 1 N–H and O–H groups in total. The van der Waals surface area contributed by atoms with Gasteiger partial charge in [0.15, 0.2) is 0 Å². The summed E-state index contributed by atoms with van der Waals surface area (Å²) in [4.78, 5) is 31.5. The first-order chi connectivity index (χ1) is 12.7. The molecule has 0 saturated carbocycles. The summed E-state index contributed by atoms with van der Waals surface area (Å²) >= 11 is 1.52. The van der Waals surface area contributed by atoms with Gasteiger partial charge in [-0.15, -0.1) is 11.3 Å². The van der Waals surface area contributed by atoms with Gasteiger partial charge in [-0.05, 0) is 30.0 Å². The molecule has 2 aromatic heterocycles. The Kier molecular flexibility index (Phi) is 4.49. The Balaban J connectivity index is 1.42. The molecule has 0 spiro atoms. The van der Waals surface area contributed by atoms with Crippen molar-refractivity contribution in [2.24, 2.45) is 0 Å². The van der Waals surface area contributed by atoms with Crippen molar-refractivity contribution in [3.05, 3.63) is 53.7 Å². The summed E-state index contributed by atoms with van der Waals surface area (Å²) in [7, 11) is 0. The summed E-state index contributed by atoms with van der Waals surface area (Å²) < 4.78 is 5.18. The van der Waals surface area contributed by atoms with Gasteiger partial charge in [0.1, 0.15) is 6.04 Å². The zero-order valence-electron chi connectivity index (χ0n) is 13.8. The van der Waals surface area contributed by atoms with Crippen LogP contribution in [0.5, 0.6) is 0 Å². The maximum atomic E-state index is 12.6. The van der Waals surface area contributed by atoms with Gasteiger partial charge in [0.2, 0.25) is 23.5 Å². The molecular weight excluding hydrogens is 352 g/mol. The van der Waals surface area contributed by atoms with Gasteiger partial charge in [0.25, 0.3) is 0 Å². The van der Waals surface area contributed by atoms with Crippen LogP contribution < -0.4 is 10.2 Å². The molecule has 1 aromatic carbocycles. The number of benzene rings is 1. The zero-order chi connectivity index (χ0) is 17.9. The molecule has 132 valence electrons. The summed E-state index contributed by atoms with van der Waals surface area (Å²) in [6.07, 6.45) is 0.847. The van der Waals surface area contributed by atoms with Gasteiger partial charge in [-0.25, -0.2) is 0 Å². The third kappa shape index (κ3) is 3.23. The van der Waals surface area contributed by atoms with Crippen LogP contribution in [0.25, 0.3) is 10.7 Å². The van der Waals surface area contributed by atoms with Gasteiger partial charge in [0, 0.05) is 12.1 Å². The summed E-state index contributed by atoms with van der Waals surface area (Å²) in [6, 6.07) is 12.5. The molecule has 3 aromatic rings. The van der Waals surface area contributed by atoms with Crippen LogP contribution in [0.2, 0.25) is 0 Å². The van der Waals surface area contributed by atoms with Crippen molar-refractivity contribution < 1.29 is 14.1 Å². The molecule has 1 aliphatic heterocycles. The van der Waals surface area contributed by atoms with Crippen LogP contribution >= 0.6 is 11.3 Å². The number of amides is 2. The molecule has 1 saturated heterocycles. The Morgan fingerprint density at radius 3 is 2.88 bits per heavy atom.